The Kier molecular flexibility index (Phi) is 6.98. The van der Waals surface area contributed by atoms with Crippen molar-refractivity contribution in [3.05, 3.63) is 47.7 Å². The number of hydrogen-bond acceptors (Lipinski definition) is 4. The van der Waals surface area contributed by atoms with Crippen molar-refractivity contribution >= 4 is 29.1 Å². The summed E-state index contributed by atoms with van der Waals surface area (Å²) in [5, 5.41) is 6.98. The number of thiocarbonyl (C=S) groups is 1. The molecule has 2 aromatic rings. The number of nitrogens with one attached hydrogen (secondary N) is 2. The van der Waals surface area contributed by atoms with Crippen LogP contribution in [-0.4, -0.2) is 34.2 Å². The average Bonchev–Trinajstić information content (AvgIpc) is 2.66. The first kappa shape index (κ1) is 19.5. The highest BCUT2D eigenvalue weighted by Gasteiger charge is 2.20. The number of hydrogen-bond donors (Lipinski definition) is 2. The molecule has 0 spiro atoms. The fourth-order valence-corrected chi connectivity index (χ4v) is 3.67. The summed E-state index contributed by atoms with van der Waals surface area (Å²) in [5.41, 5.74) is 2.30. The second-order valence-corrected chi connectivity index (χ2v) is 7.61. The Morgan fingerprint density at radius 1 is 1.22 bits per heavy atom. The minimum Gasteiger partial charge on any atom is -0.362 e. The lowest BCUT2D eigenvalue weighted by atomic mass is 10.0. The van der Waals surface area contributed by atoms with Gasteiger partial charge in [0.2, 0.25) is 5.95 Å². The van der Waals surface area contributed by atoms with Gasteiger partial charge in [0, 0.05) is 30.9 Å². The van der Waals surface area contributed by atoms with E-state index >= 15 is 0 Å². The van der Waals surface area contributed by atoms with Gasteiger partial charge >= 0.3 is 0 Å². The molecule has 2 heterocycles. The lowest BCUT2D eigenvalue weighted by Crippen LogP contribution is -2.38. The van der Waals surface area contributed by atoms with Crippen molar-refractivity contribution in [3.8, 4) is 0 Å². The molecule has 1 aromatic heterocycles. The molecule has 2 N–H and O–H groups in total. The molecule has 144 valence electrons. The Morgan fingerprint density at radius 2 is 2.04 bits per heavy atom. The third-order valence-corrected chi connectivity index (χ3v) is 5.18. The second kappa shape index (κ2) is 9.65. The zero-order valence-corrected chi connectivity index (χ0v) is 17.1. The third kappa shape index (κ3) is 5.89. The molecule has 1 aromatic carbocycles. The van der Waals surface area contributed by atoms with E-state index in [1.165, 1.54) is 24.8 Å². The van der Waals surface area contributed by atoms with E-state index in [0.717, 1.165) is 37.4 Å². The molecule has 3 rings (SSSR count). The molecule has 0 unspecified atom stereocenters. The van der Waals surface area contributed by atoms with Crippen LogP contribution in [0.4, 0.5) is 11.8 Å². The molecule has 1 aliphatic rings. The van der Waals surface area contributed by atoms with E-state index in [-0.39, 0.29) is 0 Å². The molecule has 0 bridgehead atoms. The van der Waals surface area contributed by atoms with Crippen LogP contribution in [-0.2, 0) is 6.42 Å². The molecule has 0 saturated carbocycles. The van der Waals surface area contributed by atoms with Crippen molar-refractivity contribution in [1.82, 2.24) is 15.3 Å². The molecule has 1 aliphatic heterocycles. The Morgan fingerprint density at radius 3 is 2.81 bits per heavy atom. The summed E-state index contributed by atoms with van der Waals surface area (Å²) in [6, 6.07) is 13.1. The quantitative estimate of drug-likeness (QED) is 0.579. The maximum absolute atomic E-state index is 5.42. The van der Waals surface area contributed by atoms with Crippen molar-refractivity contribution in [2.45, 2.75) is 52.0 Å². The van der Waals surface area contributed by atoms with Gasteiger partial charge in [-0.1, -0.05) is 30.3 Å². The van der Waals surface area contributed by atoms with Crippen LogP contribution in [0.5, 0.6) is 0 Å². The van der Waals surface area contributed by atoms with E-state index < -0.39 is 0 Å². The molecule has 0 radical (unpaired) electrons. The van der Waals surface area contributed by atoms with Crippen LogP contribution in [0.2, 0.25) is 0 Å². The first-order valence-corrected chi connectivity index (χ1v) is 10.2. The van der Waals surface area contributed by atoms with Gasteiger partial charge in [-0.05, 0) is 63.7 Å². The van der Waals surface area contributed by atoms with Crippen molar-refractivity contribution < 1.29 is 0 Å². The minimum atomic E-state index is 0.518. The second-order valence-electron chi connectivity index (χ2n) is 7.20. The topological polar surface area (TPSA) is 53.1 Å². The molecule has 0 aliphatic carbocycles. The molecule has 1 fully saturated rings. The number of aromatic nitrogens is 2. The predicted molar refractivity (Wildman–Crippen MR) is 116 cm³/mol. The standard InChI is InChI=1S/C21H29N5S/c1-16-15-19(26-14-7-6-9-17(26)2)24-20(23-16)25-21(27)22-13-8-12-18-10-4-3-5-11-18/h3-5,10-11,15,17H,6-9,12-14H2,1-2H3,(H2,22,23,24,25,27)/t17-/m0/s1. The van der Waals surface area contributed by atoms with Gasteiger partial charge in [-0.15, -0.1) is 0 Å². The Labute approximate surface area is 167 Å². The van der Waals surface area contributed by atoms with Crippen LogP contribution in [0.25, 0.3) is 0 Å². The largest absolute Gasteiger partial charge is 0.362 e. The molecule has 27 heavy (non-hydrogen) atoms. The lowest BCUT2D eigenvalue weighted by Gasteiger charge is -2.34. The van der Waals surface area contributed by atoms with E-state index in [0.29, 0.717) is 17.1 Å². The fourth-order valence-electron chi connectivity index (χ4n) is 3.48. The summed E-state index contributed by atoms with van der Waals surface area (Å²) in [4.78, 5) is 11.6. The lowest BCUT2D eigenvalue weighted by molar-refractivity contribution is 0.481. The van der Waals surface area contributed by atoms with Gasteiger partial charge in [-0.3, -0.25) is 0 Å². The van der Waals surface area contributed by atoms with Crippen LogP contribution >= 0.6 is 12.2 Å². The van der Waals surface area contributed by atoms with E-state index in [1.807, 2.05) is 13.0 Å². The van der Waals surface area contributed by atoms with Crippen LogP contribution in [0.3, 0.4) is 0 Å². The maximum Gasteiger partial charge on any atom is 0.231 e. The minimum absolute atomic E-state index is 0.518. The first-order valence-electron chi connectivity index (χ1n) is 9.83. The molecule has 0 amide bonds. The monoisotopic (exact) mass is 383 g/mol. The number of nitrogens with zero attached hydrogens (tertiary/aromatic N) is 3. The Balaban J connectivity index is 1.51. The number of piperidine rings is 1. The van der Waals surface area contributed by atoms with Crippen molar-refractivity contribution in [3.63, 3.8) is 0 Å². The number of anilines is 2. The van der Waals surface area contributed by atoms with E-state index in [4.69, 9.17) is 17.2 Å². The highest BCUT2D eigenvalue weighted by Crippen LogP contribution is 2.24. The van der Waals surface area contributed by atoms with Gasteiger partial charge in [0.05, 0.1) is 0 Å². The van der Waals surface area contributed by atoms with Gasteiger partial charge in [-0.25, -0.2) is 4.98 Å². The van der Waals surface area contributed by atoms with Gasteiger partial charge in [0.25, 0.3) is 0 Å². The van der Waals surface area contributed by atoms with Crippen LogP contribution < -0.4 is 15.5 Å². The molecule has 5 nitrogen and oxygen atoms in total. The third-order valence-electron chi connectivity index (χ3n) is 4.93. The number of benzene rings is 1. The van der Waals surface area contributed by atoms with Gasteiger partial charge in [0.1, 0.15) is 5.82 Å². The smallest absolute Gasteiger partial charge is 0.231 e. The summed E-state index contributed by atoms with van der Waals surface area (Å²) < 4.78 is 0. The van der Waals surface area contributed by atoms with E-state index in [2.05, 4.69) is 57.8 Å². The summed E-state index contributed by atoms with van der Waals surface area (Å²) in [5.74, 6) is 1.56. The maximum atomic E-state index is 5.42. The zero-order valence-electron chi connectivity index (χ0n) is 16.2. The Bertz CT molecular complexity index is 749. The normalized spacial score (nSPS) is 16.8. The summed E-state index contributed by atoms with van der Waals surface area (Å²) in [7, 11) is 0. The molecular formula is C21H29N5S. The number of rotatable bonds is 6. The van der Waals surface area contributed by atoms with Crippen molar-refractivity contribution in [1.29, 1.82) is 0 Å². The summed E-state index contributed by atoms with van der Waals surface area (Å²) in [6.45, 7) is 6.14. The van der Waals surface area contributed by atoms with Gasteiger partial charge in [0.15, 0.2) is 5.11 Å². The van der Waals surface area contributed by atoms with Crippen LogP contribution in [0.15, 0.2) is 36.4 Å². The number of aryl methyl sites for hydroxylation is 2. The highest BCUT2D eigenvalue weighted by atomic mass is 32.1. The fraction of sp³-hybridized carbons (Fsp3) is 0.476. The van der Waals surface area contributed by atoms with Crippen LogP contribution in [0.1, 0.15) is 43.9 Å². The molecule has 6 heteroatoms. The van der Waals surface area contributed by atoms with Gasteiger partial charge in [-0.2, -0.15) is 4.98 Å². The highest BCUT2D eigenvalue weighted by molar-refractivity contribution is 7.80. The van der Waals surface area contributed by atoms with Crippen LogP contribution in [0, 0.1) is 6.92 Å². The van der Waals surface area contributed by atoms with Crippen molar-refractivity contribution in [2.75, 3.05) is 23.3 Å². The van der Waals surface area contributed by atoms with Crippen molar-refractivity contribution in [2.24, 2.45) is 0 Å². The average molecular weight is 384 g/mol. The Hall–Kier alpha value is -2.21. The molecule has 1 atom stereocenters. The molecular weight excluding hydrogens is 354 g/mol. The summed E-state index contributed by atoms with van der Waals surface area (Å²) in [6.07, 6.45) is 5.79. The summed E-state index contributed by atoms with van der Waals surface area (Å²) >= 11 is 5.42. The van der Waals surface area contributed by atoms with E-state index in [1.54, 1.807) is 0 Å². The predicted octanol–water partition coefficient (Wildman–Crippen LogP) is 4.08. The zero-order chi connectivity index (χ0) is 19.1. The van der Waals surface area contributed by atoms with E-state index in [9.17, 15) is 0 Å². The SMILES string of the molecule is Cc1cc(N2CCCC[C@@H]2C)nc(NC(=S)NCCCc2ccccc2)n1. The molecule has 1 saturated heterocycles. The first-order chi connectivity index (χ1) is 13.1. The van der Waals surface area contributed by atoms with Gasteiger partial charge < -0.3 is 15.5 Å².